The Morgan fingerprint density at radius 3 is 2.84 bits per heavy atom. The number of carbonyl (C=O) groups is 1. The molecule has 1 aromatic heterocycles. The molecule has 2 heterocycles. The van der Waals surface area contributed by atoms with Gasteiger partial charge in [0.1, 0.15) is 0 Å². The van der Waals surface area contributed by atoms with Gasteiger partial charge < -0.3 is 5.32 Å². The molecule has 0 spiro atoms. The number of benzene rings is 2. The summed E-state index contributed by atoms with van der Waals surface area (Å²) in [5, 5.41) is 4.47. The smallest absolute Gasteiger partial charge is 0.264 e. The van der Waals surface area contributed by atoms with Gasteiger partial charge in [0, 0.05) is 17.1 Å². The van der Waals surface area contributed by atoms with Crippen LogP contribution in [0.2, 0.25) is 0 Å². The molecule has 4 nitrogen and oxygen atoms in total. The summed E-state index contributed by atoms with van der Waals surface area (Å²) in [5.41, 5.74) is 3.77. The summed E-state index contributed by atoms with van der Waals surface area (Å²) in [6.07, 6.45) is 3.63. The first-order valence-electron chi connectivity index (χ1n) is 7.89. The first kappa shape index (κ1) is 15.6. The van der Waals surface area contributed by atoms with E-state index in [1.165, 1.54) is 11.8 Å². The van der Waals surface area contributed by atoms with Crippen molar-refractivity contribution in [2.45, 2.75) is 6.92 Å². The summed E-state index contributed by atoms with van der Waals surface area (Å²) in [7, 11) is 0. The number of amides is 1. The van der Waals surface area contributed by atoms with Gasteiger partial charge in [0.2, 0.25) is 0 Å². The number of thioether (sulfide) groups is 1. The number of aromatic nitrogens is 1. The van der Waals surface area contributed by atoms with Crippen molar-refractivity contribution < 1.29 is 4.79 Å². The molecule has 0 atom stereocenters. The zero-order chi connectivity index (χ0) is 17.2. The third-order valence-electron chi connectivity index (χ3n) is 3.83. The van der Waals surface area contributed by atoms with Crippen LogP contribution in [0.15, 0.2) is 70.7 Å². The quantitative estimate of drug-likeness (QED) is 0.699. The van der Waals surface area contributed by atoms with Gasteiger partial charge in [0.15, 0.2) is 5.17 Å². The Bertz CT molecular complexity index is 1030. The number of carbonyl (C=O) groups excluding carboxylic acids is 1. The number of aryl methyl sites for hydroxylation is 1. The molecule has 0 unspecified atom stereocenters. The van der Waals surface area contributed by atoms with Crippen LogP contribution < -0.4 is 5.32 Å². The average molecular weight is 345 g/mol. The normalized spacial score (nSPS) is 17.4. The minimum absolute atomic E-state index is 0.135. The molecule has 0 radical (unpaired) electrons. The Morgan fingerprint density at radius 1 is 1.12 bits per heavy atom. The molecular formula is C20H15N3OS. The van der Waals surface area contributed by atoms with Gasteiger partial charge in [-0.25, -0.2) is 4.99 Å². The van der Waals surface area contributed by atoms with Gasteiger partial charge in [-0.05, 0) is 48.5 Å². The van der Waals surface area contributed by atoms with E-state index in [9.17, 15) is 4.79 Å². The number of hydrogen-bond acceptors (Lipinski definition) is 4. The first-order chi connectivity index (χ1) is 12.2. The zero-order valence-electron chi connectivity index (χ0n) is 13.6. The van der Waals surface area contributed by atoms with Gasteiger partial charge in [-0.1, -0.05) is 36.4 Å². The van der Waals surface area contributed by atoms with Crippen LogP contribution >= 0.6 is 11.8 Å². The molecule has 1 aliphatic rings. The van der Waals surface area contributed by atoms with Crippen molar-refractivity contribution in [3.05, 3.63) is 76.8 Å². The van der Waals surface area contributed by atoms with Crippen LogP contribution in [-0.4, -0.2) is 16.1 Å². The van der Waals surface area contributed by atoms with E-state index in [1.807, 2.05) is 67.6 Å². The van der Waals surface area contributed by atoms with Crippen molar-refractivity contribution in [2.75, 3.05) is 0 Å². The lowest BCUT2D eigenvalue weighted by atomic mass is 10.1. The van der Waals surface area contributed by atoms with Gasteiger partial charge in [0.25, 0.3) is 5.91 Å². The second kappa shape index (κ2) is 6.53. The molecule has 0 aliphatic carbocycles. The third kappa shape index (κ3) is 3.32. The van der Waals surface area contributed by atoms with E-state index in [0.29, 0.717) is 10.1 Å². The molecule has 4 rings (SSSR count). The average Bonchev–Trinajstić information content (AvgIpc) is 2.94. The summed E-state index contributed by atoms with van der Waals surface area (Å²) in [6, 6.07) is 17.7. The lowest BCUT2D eigenvalue weighted by molar-refractivity contribution is -0.115. The number of aliphatic imine (C=N–C) groups is 1. The fraction of sp³-hybridized carbons (Fsp3) is 0.0500. The molecular weight excluding hydrogens is 330 g/mol. The topological polar surface area (TPSA) is 54.4 Å². The van der Waals surface area contributed by atoms with Gasteiger partial charge in [-0.15, -0.1) is 0 Å². The van der Waals surface area contributed by atoms with Crippen molar-refractivity contribution in [3.8, 4) is 0 Å². The Labute approximate surface area is 149 Å². The van der Waals surface area contributed by atoms with Crippen LogP contribution in [0.3, 0.4) is 0 Å². The van der Waals surface area contributed by atoms with Crippen molar-refractivity contribution >= 4 is 45.5 Å². The van der Waals surface area contributed by atoms with E-state index < -0.39 is 0 Å². The number of amidine groups is 1. The van der Waals surface area contributed by atoms with E-state index in [-0.39, 0.29) is 5.91 Å². The van der Waals surface area contributed by atoms with E-state index in [1.54, 1.807) is 6.20 Å². The molecule has 25 heavy (non-hydrogen) atoms. The largest absolute Gasteiger partial charge is 0.300 e. The number of pyridine rings is 1. The number of fused-ring (bicyclic) bond motifs is 1. The highest BCUT2D eigenvalue weighted by Crippen LogP contribution is 2.29. The highest BCUT2D eigenvalue weighted by Gasteiger charge is 2.24. The molecule has 2 aromatic carbocycles. The summed E-state index contributed by atoms with van der Waals surface area (Å²) >= 11 is 1.35. The molecule has 1 saturated heterocycles. The maximum Gasteiger partial charge on any atom is 0.264 e. The lowest BCUT2D eigenvalue weighted by Gasteiger charge is -2.01. The van der Waals surface area contributed by atoms with Crippen LogP contribution in [0.1, 0.15) is 11.1 Å². The summed E-state index contributed by atoms with van der Waals surface area (Å²) in [6.45, 7) is 2.02. The van der Waals surface area contributed by atoms with E-state index >= 15 is 0 Å². The van der Waals surface area contributed by atoms with Crippen LogP contribution in [-0.2, 0) is 4.79 Å². The highest BCUT2D eigenvalue weighted by molar-refractivity contribution is 8.18. The number of para-hydroxylation sites is 1. The second-order valence-corrected chi connectivity index (χ2v) is 6.77. The fourth-order valence-electron chi connectivity index (χ4n) is 2.68. The highest BCUT2D eigenvalue weighted by atomic mass is 32.2. The maximum absolute atomic E-state index is 12.3. The number of rotatable bonds is 2. The van der Waals surface area contributed by atoms with Crippen molar-refractivity contribution in [2.24, 2.45) is 4.99 Å². The molecule has 1 fully saturated rings. The second-order valence-electron chi connectivity index (χ2n) is 5.74. The van der Waals surface area contributed by atoms with Crippen molar-refractivity contribution in [1.82, 2.24) is 10.3 Å². The van der Waals surface area contributed by atoms with Crippen LogP contribution in [0.25, 0.3) is 17.0 Å². The zero-order valence-corrected chi connectivity index (χ0v) is 14.4. The van der Waals surface area contributed by atoms with Gasteiger partial charge in [-0.3, -0.25) is 9.78 Å². The monoisotopic (exact) mass is 345 g/mol. The minimum atomic E-state index is -0.135. The molecule has 1 aliphatic heterocycles. The molecule has 1 amide bonds. The van der Waals surface area contributed by atoms with E-state index in [2.05, 4.69) is 15.3 Å². The van der Waals surface area contributed by atoms with Gasteiger partial charge >= 0.3 is 0 Å². The molecule has 1 N–H and O–H groups in total. The predicted molar refractivity (Wildman–Crippen MR) is 104 cm³/mol. The number of hydrogen-bond donors (Lipinski definition) is 1. The Kier molecular flexibility index (Phi) is 4.07. The molecule has 0 saturated carbocycles. The molecule has 0 bridgehead atoms. The van der Waals surface area contributed by atoms with Crippen LogP contribution in [0.4, 0.5) is 5.69 Å². The predicted octanol–water partition coefficient (Wildman–Crippen LogP) is 4.43. The third-order valence-corrected chi connectivity index (χ3v) is 4.74. The van der Waals surface area contributed by atoms with Crippen molar-refractivity contribution in [3.63, 3.8) is 0 Å². The Hall–Kier alpha value is -2.92. The number of nitrogens with zero attached hydrogens (tertiary/aromatic N) is 2. The molecule has 122 valence electrons. The summed E-state index contributed by atoms with van der Waals surface area (Å²) in [4.78, 5) is 21.8. The van der Waals surface area contributed by atoms with Crippen LogP contribution in [0.5, 0.6) is 0 Å². The number of nitrogens with one attached hydrogen (secondary N) is 1. The summed E-state index contributed by atoms with van der Waals surface area (Å²) in [5.74, 6) is -0.135. The minimum Gasteiger partial charge on any atom is -0.300 e. The van der Waals surface area contributed by atoms with E-state index in [0.717, 1.165) is 27.7 Å². The Balaban J connectivity index is 1.67. The van der Waals surface area contributed by atoms with Gasteiger partial charge in [-0.2, -0.15) is 0 Å². The van der Waals surface area contributed by atoms with Gasteiger partial charge in [0.05, 0.1) is 16.1 Å². The lowest BCUT2D eigenvalue weighted by Crippen LogP contribution is -2.19. The summed E-state index contributed by atoms with van der Waals surface area (Å²) < 4.78 is 0. The first-order valence-corrected chi connectivity index (χ1v) is 8.71. The Morgan fingerprint density at radius 2 is 1.96 bits per heavy atom. The van der Waals surface area contributed by atoms with E-state index in [4.69, 9.17) is 0 Å². The molecule has 5 heteroatoms. The maximum atomic E-state index is 12.3. The molecule has 3 aromatic rings. The SMILES string of the molecule is Cc1cccc(N=C2NC(=O)/C(=C\c3cccc4cccnc34)S2)c1. The standard InChI is InChI=1S/C20H15N3OS/c1-13-5-2-9-16(11-13)22-20-23-19(24)17(25-20)12-15-7-3-6-14-8-4-10-21-18(14)15/h2-12H,1H3,(H,22,23,24)/b17-12+. The van der Waals surface area contributed by atoms with Crippen molar-refractivity contribution in [1.29, 1.82) is 0 Å². The van der Waals surface area contributed by atoms with Crippen LogP contribution in [0, 0.1) is 6.92 Å². The fourth-order valence-corrected chi connectivity index (χ4v) is 3.51.